The zero-order valence-corrected chi connectivity index (χ0v) is 19.5. The van der Waals surface area contributed by atoms with E-state index in [1.807, 2.05) is 20.8 Å². The molecule has 9 nitrogen and oxygen atoms in total. The van der Waals surface area contributed by atoms with Crippen molar-refractivity contribution in [2.75, 3.05) is 36.9 Å². The van der Waals surface area contributed by atoms with Crippen molar-refractivity contribution in [2.45, 2.75) is 46.1 Å². The molecule has 1 atom stereocenters. The molecule has 176 valence electrons. The average molecular weight is 467 g/mol. The van der Waals surface area contributed by atoms with E-state index in [9.17, 15) is 19.2 Å². The van der Waals surface area contributed by atoms with Crippen LogP contribution in [0, 0.1) is 5.92 Å². The summed E-state index contributed by atoms with van der Waals surface area (Å²) in [5.41, 5.74) is 0.867. The van der Waals surface area contributed by atoms with Crippen molar-refractivity contribution in [3.8, 4) is 0 Å². The first kappa shape index (κ1) is 25.6. The number of amides is 3. The van der Waals surface area contributed by atoms with Crippen molar-refractivity contribution in [2.24, 2.45) is 5.92 Å². The van der Waals surface area contributed by atoms with Crippen LogP contribution in [-0.2, 0) is 23.9 Å². The highest BCUT2D eigenvalue weighted by atomic mass is 35.5. The van der Waals surface area contributed by atoms with E-state index in [0.29, 0.717) is 35.9 Å². The summed E-state index contributed by atoms with van der Waals surface area (Å²) in [5, 5.41) is 8.51. The minimum Gasteiger partial charge on any atom is -0.465 e. The van der Waals surface area contributed by atoms with Gasteiger partial charge in [-0.15, -0.1) is 0 Å². The minimum absolute atomic E-state index is 0.0989. The molecule has 1 unspecified atom stereocenters. The van der Waals surface area contributed by atoms with Gasteiger partial charge in [0.25, 0.3) is 0 Å². The summed E-state index contributed by atoms with van der Waals surface area (Å²) in [7, 11) is 0. The van der Waals surface area contributed by atoms with Crippen molar-refractivity contribution < 1.29 is 23.9 Å². The van der Waals surface area contributed by atoms with E-state index in [1.165, 1.54) is 0 Å². The second kappa shape index (κ2) is 12.4. The second-order valence-electron chi connectivity index (χ2n) is 8.10. The van der Waals surface area contributed by atoms with Gasteiger partial charge in [0.15, 0.2) is 0 Å². The molecular weight excluding hydrogens is 436 g/mol. The molecule has 1 fully saturated rings. The van der Waals surface area contributed by atoms with Crippen LogP contribution >= 0.6 is 11.6 Å². The third kappa shape index (κ3) is 8.12. The number of rotatable bonds is 10. The number of carbonyl (C=O) groups excluding carboxylic acids is 4. The van der Waals surface area contributed by atoms with E-state index in [4.69, 9.17) is 16.3 Å². The van der Waals surface area contributed by atoms with Gasteiger partial charge in [0.1, 0.15) is 6.04 Å². The summed E-state index contributed by atoms with van der Waals surface area (Å²) >= 11 is 6.20. The van der Waals surface area contributed by atoms with Crippen molar-refractivity contribution in [3.05, 3.63) is 23.2 Å². The Morgan fingerprint density at radius 1 is 1.25 bits per heavy atom. The molecule has 1 heterocycles. The van der Waals surface area contributed by atoms with Crippen LogP contribution in [-0.4, -0.2) is 60.9 Å². The summed E-state index contributed by atoms with van der Waals surface area (Å²) in [6.07, 6.45) is 0.979. The van der Waals surface area contributed by atoms with Gasteiger partial charge in [-0.05, 0) is 30.5 Å². The van der Waals surface area contributed by atoms with E-state index < -0.39 is 12.0 Å². The van der Waals surface area contributed by atoms with Crippen LogP contribution in [0.25, 0.3) is 0 Å². The molecule has 1 aliphatic rings. The lowest BCUT2D eigenvalue weighted by atomic mass is 10.1. The molecule has 1 saturated heterocycles. The van der Waals surface area contributed by atoms with Crippen LogP contribution in [0.1, 0.15) is 40.0 Å². The number of anilines is 2. The predicted molar refractivity (Wildman–Crippen MR) is 122 cm³/mol. The largest absolute Gasteiger partial charge is 0.465 e. The Balaban J connectivity index is 2.01. The lowest BCUT2D eigenvalue weighted by Crippen LogP contribution is -2.57. The molecule has 3 amide bonds. The van der Waals surface area contributed by atoms with Crippen molar-refractivity contribution in [3.63, 3.8) is 0 Å². The standard InChI is InChI=1S/C22H31ClN4O5/c1-4-5-19(28)25-15-6-7-16(23)17(10-15)26-20(29)12-27-9-8-24-22(31)18(27)11-21(30)32-13-14(2)3/h6-7,10,14,18H,4-5,8-9,11-13H2,1-3H3,(H,24,31)(H,25,28)(H,26,29). The average Bonchev–Trinajstić information content (AvgIpc) is 2.71. The van der Waals surface area contributed by atoms with Crippen LogP contribution in [0.2, 0.25) is 5.02 Å². The highest BCUT2D eigenvalue weighted by molar-refractivity contribution is 6.33. The molecule has 0 radical (unpaired) electrons. The van der Waals surface area contributed by atoms with Crippen molar-refractivity contribution in [1.29, 1.82) is 0 Å². The number of ether oxygens (including phenoxy) is 1. The predicted octanol–water partition coefficient (Wildman–Crippen LogP) is 2.41. The van der Waals surface area contributed by atoms with Crippen LogP contribution < -0.4 is 16.0 Å². The van der Waals surface area contributed by atoms with Gasteiger partial charge in [-0.3, -0.25) is 24.1 Å². The molecule has 0 saturated carbocycles. The molecule has 3 N–H and O–H groups in total. The number of nitrogens with zero attached hydrogens (tertiary/aromatic N) is 1. The second-order valence-corrected chi connectivity index (χ2v) is 8.51. The van der Waals surface area contributed by atoms with Gasteiger partial charge >= 0.3 is 5.97 Å². The molecule has 0 aliphatic carbocycles. The Bertz CT molecular complexity index is 846. The lowest BCUT2D eigenvalue weighted by molar-refractivity contribution is -0.149. The topological polar surface area (TPSA) is 117 Å². The number of piperazine rings is 1. The maximum atomic E-state index is 12.7. The molecular formula is C22H31ClN4O5. The van der Waals surface area contributed by atoms with E-state index in [2.05, 4.69) is 16.0 Å². The van der Waals surface area contributed by atoms with Crippen molar-refractivity contribution >= 4 is 46.7 Å². The Labute approximate surface area is 193 Å². The summed E-state index contributed by atoms with van der Waals surface area (Å²) in [6, 6.07) is 4.03. The Morgan fingerprint density at radius 2 is 2.00 bits per heavy atom. The zero-order chi connectivity index (χ0) is 23.7. The summed E-state index contributed by atoms with van der Waals surface area (Å²) in [5.74, 6) is -1.12. The smallest absolute Gasteiger partial charge is 0.307 e. The fraction of sp³-hybridized carbons (Fsp3) is 0.545. The number of carbonyl (C=O) groups is 4. The number of hydrogen-bond donors (Lipinski definition) is 3. The molecule has 1 aromatic rings. The monoisotopic (exact) mass is 466 g/mol. The molecule has 1 aromatic carbocycles. The van der Waals surface area contributed by atoms with Gasteiger partial charge < -0.3 is 20.7 Å². The van der Waals surface area contributed by atoms with Gasteiger partial charge in [0.05, 0.1) is 30.3 Å². The number of esters is 1. The number of benzene rings is 1. The van der Waals surface area contributed by atoms with Gasteiger partial charge in [0.2, 0.25) is 17.7 Å². The maximum Gasteiger partial charge on any atom is 0.307 e. The summed E-state index contributed by atoms with van der Waals surface area (Å²) in [4.78, 5) is 50.6. The third-order valence-corrected chi connectivity index (χ3v) is 5.06. The van der Waals surface area contributed by atoms with E-state index in [-0.39, 0.29) is 43.2 Å². The van der Waals surface area contributed by atoms with E-state index >= 15 is 0 Å². The number of hydrogen-bond acceptors (Lipinski definition) is 6. The van der Waals surface area contributed by atoms with Crippen molar-refractivity contribution in [1.82, 2.24) is 10.2 Å². The van der Waals surface area contributed by atoms with Crippen LogP contribution in [0.3, 0.4) is 0 Å². The molecule has 0 bridgehead atoms. The Morgan fingerprint density at radius 3 is 2.69 bits per heavy atom. The van der Waals surface area contributed by atoms with Crippen LogP contribution in [0.4, 0.5) is 11.4 Å². The molecule has 0 spiro atoms. The van der Waals surface area contributed by atoms with Gasteiger partial charge in [0, 0.05) is 25.2 Å². The Hall–Kier alpha value is -2.65. The van der Waals surface area contributed by atoms with Gasteiger partial charge in [-0.2, -0.15) is 0 Å². The fourth-order valence-electron chi connectivity index (χ4n) is 3.17. The number of halogens is 1. The molecule has 32 heavy (non-hydrogen) atoms. The first-order chi connectivity index (χ1) is 15.2. The highest BCUT2D eigenvalue weighted by Crippen LogP contribution is 2.26. The van der Waals surface area contributed by atoms with E-state index in [1.54, 1.807) is 23.1 Å². The molecule has 2 rings (SSSR count). The quantitative estimate of drug-likeness (QED) is 0.456. The lowest BCUT2D eigenvalue weighted by Gasteiger charge is -2.33. The first-order valence-electron chi connectivity index (χ1n) is 10.8. The van der Waals surface area contributed by atoms with Crippen LogP contribution in [0.5, 0.6) is 0 Å². The third-order valence-electron chi connectivity index (χ3n) is 4.73. The normalized spacial score (nSPS) is 16.4. The first-order valence-corrected chi connectivity index (χ1v) is 11.1. The minimum atomic E-state index is -0.788. The SMILES string of the molecule is CCCC(=O)Nc1ccc(Cl)c(NC(=O)CN2CCNC(=O)C2CC(=O)OCC(C)C)c1. The molecule has 10 heteroatoms. The Kier molecular flexibility index (Phi) is 9.93. The fourth-order valence-corrected chi connectivity index (χ4v) is 3.34. The van der Waals surface area contributed by atoms with E-state index in [0.717, 1.165) is 6.42 Å². The summed E-state index contributed by atoms with van der Waals surface area (Å²) < 4.78 is 5.18. The highest BCUT2D eigenvalue weighted by Gasteiger charge is 2.33. The van der Waals surface area contributed by atoms with Gasteiger partial charge in [-0.1, -0.05) is 32.4 Å². The summed E-state index contributed by atoms with van der Waals surface area (Å²) in [6.45, 7) is 6.73. The molecule has 1 aliphatic heterocycles. The van der Waals surface area contributed by atoms with Crippen LogP contribution in [0.15, 0.2) is 18.2 Å². The van der Waals surface area contributed by atoms with Gasteiger partial charge in [-0.25, -0.2) is 0 Å². The molecule has 0 aromatic heterocycles. The number of nitrogens with one attached hydrogen (secondary N) is 3. The zero-order valence-electron chi connectivity index (χ0n) is 18.7. The maximum absolute atomic E-state index is 12.7.